The lowest BCUT2D eigenvalue weighted by atomic mass is 10.1. The summed E-state index contributed by atoms with van der Waals surface area (Å²) in [6.07, 6.45) is 11.7. The zero-order valence-corrected chi connectivity index (χ0v) is 33.5. The molecule has 2 aliphatic rings. The molecule has 0 aliphatic carbocycles. The predicted octanol–water partition coefficient (Wildman–Crippen LogP) is 7.16. The van der Waals surface area contributed by atoms with Crippen molar-refractivity contribution in [3.8, 4) is 23.1 Å². The second-order valence-electron chi connectivity index (χ2n) is 14.9. The van der Waals surface area contributed by atoms with Gasteiger partial charge in [0.05, 0.1) is 22.8 Å². The van der Waals surface area contributed by atoms with Crippen LogP contribution in [0.2, 0.25) is 0 Å². The first-order valence-electron chi connectivity index (χ1n) is 19.5. The maximum absolute atomic E-state index is 14.0. The third-order valence-corrected chi connectivity index (χ3v) is 10.3. The highest BCUT2D eigenvalue weighted by molar-refractivity contribution is 5.99. The molecule has 0 atom stereocenters. The first-order valence-corrected chi connectivity index (χ1v) is 19.5. The van der Waals surface area contributed by atoms with Gasteiger partial charge in [-0.25, -0.2) is 18.7 Å². The largest absolute Gasteiger partial charge is 0.494 e. The molecule has 12 nitrogen and oxygen atoms in total. The van der Waals surface area contributed by atoms with Gasteiger partial charge in [-0.1, -0.05) is 50.5 Å². The van der Waals surface area contributed by atoms with E-state index in [9.17, 15) is 29.4 Å². The van der Waals surface area contributed by atoms with Crippen molar-refractivity contribution < 1.29 is 10.2 Å². The fourth-order valence-electron chi connectivity index (χ4n) is 7.28. The molecule has 0 radical (unpaired) electrons. The number of aryl methyl sites for hydroxylation is 2. The molecule has 2 N–H and O–H groups in total. The molecule has 2 aromatic heterocycles. The van der Waals surface area contributed by atoms with Gasteiger partial charge in [-0.2, -0.15) is 0 Å². The molecule has 4 heterocycles. The number of aromatic hydroxyl groups is 2. The molecule has 0 spiro atoms. The summed E-state index contributed by atoms with van der Waals surface area (Å²) in [6.45, 7) is 11.7. The standard InChI is InChI=1S/C45H50N6O6/c1-7-8-16-33-17-14-19-35(25-33)51-43(55)37(27-39-30(4)24-32(6)47-39)41(53)49(45(51)57)21-12-10-9-11-20-48-40(52)36(26-38-29(3)23-31(5)46-38)42(54)50(44(48)56)34-18-13-15-28(2)22-34/h13-15,17-19,22-27,52-53H,7-12,16,20-21H2,1-6H3/b38-26-,39-27-. The van der Waals surface area contributed by atoms with Crippen molar-refractivity contribution in [1.82, 2.24) is 18.3 Å². The van der Waals surface area contributed by atoms with Crippen LogP contribution in [-0.2, 0) is 19.5 Å². The summed E-state index contributed by atoms with van der Waals surface area (Å²) in [5, 5.41) is 22.9. The molecule has 0 fully saturated rings. The average Bonchev–Trinajstić information content (AvgIpc) is 3.67. The van der Waals surface area contributed by atoms with Crippen LogP contribution >= 0.6 is 0 Å². The maximum Gasteiger partial charge on any atom is 0.338 e. The van der Waals surface area contributed by atoms with Crippen LogP contribution in [0.4, 0.5) is 0 Å². The SMILES string of the molecule is CCCCc1cccc(-n2c(=O)c(/C=C3\N=C(C)C=C3C)c(O)n(CCCCCCn3c(O)c(/C=C4\N=C(C)C=C4C)c(=O)n(-c4cccc(C)c4)c3=O)c2=O)c1. The van der Waals surface area contributed by atoms with Gasteiger partial charge in [0.2, 0.25) is 11.8 Å². The van der Waals surface area contributed by atoms with Crippen LogP contribution in [-0.4, -0.2) is 39.9 Å². The minimum Gasteiger partial charge on any atom is -0.494 e. The number of nitrogens with zero attached hydrogens (tertiary/aromatic N) is 6. The lowest BCUT2D eigenvalue weighted by Gasteiger charge is -2.16. The lowest BCUT2D eigenvalue weighted by molar-refractivity contribution is 0.378. The summed E-state index contributed by atoms with van der Waals surface area (Å²) in [5.41, 5.74) is 4.37. The van der Waals surface area contributed by atoms with Gasteiger partial charge in [0.15, 0.2) is 0 Å². The van der Waals surface area contributed by atoms with Crippen LogP contribution in [0.15, 0.2) is 112 Å². The number of rotatable bonds is 14. The molecule has 296 valence electrons. The molecule has 4 aromatic rings. The van der Waals surface area contributed by atoms with Crippen LogP contribution in [0.3, 0.4) is 0 Å². The highest BCUT2D eigenvalue weighted by Crippen LogP contribution is 2.26. The Morgan fingerprint density at radius 1 is 0.614 bits per heavy atom. The van der Waals surface area contributed by atoms with E-state index >= 15 is 0 Å². The van der Waals surface area contributed by atoms with Gasteiger partial charge in [0.25, 0.3) is 11.1 Å². The van der Waals surface area contributed by atoms with Crippen LogP contribution in [0.5, 0.6) is 11.8 Å². The molecule has 0 saturated carbocycles. The fourth-order valence-corrected chi connectivity index (χ4v) is 7.28. The molecule has 0 saturated heterocycles. The van der Waals surface area contributed by atoms with E-state index in [1.165, 1.54) is 21.3 Å². The Kier molecular flexibility index (Phi) is 12.2. The predicted molar refractivity (Wildman–Crippen MR) is 227 cm³/mol. The van der Waals surface area contributed by atoms with Crippen molar-refractivity contribution in [3.05, 3.63) is 147 Å². The molecular formula is C45H50N6O6. The number of benzene rings is 2. The number of aromatic nitrogens is 4. The third-order valence-electron chi connectivity index (χ3n) is 10.3. The topological polar surface area (TPSA) is 153 Å². The van der Waals surface area contributed by atoms with Gasteiger partial charge in [0.1, 0.15) is 11.1 Å². The average molecular weight is 771 g/mol. The third kappa shape index (κ3) is 8.60. The number of allylic oxidation sites excluding steroid dienone is 4. The Balaban J connectivity index is 1.27. The quantitative estimate of drug-likeness (QED) is 0.130. The fraction of sp³-hybridized carbons (Fsp3) is 0.333. The maximum atomic E-state index is 14.0. The molecule has 0 amide bonds. The van der Waals surface area contributed by atoms with Gasteiger partial charge in [0, 0.05) is 24.5 Å². The first-order chi connectivity index (χ1) is 27.3. The molecule has 2 aliphatic heterocycles. The van der Waals surface area contributed by atoms with Crippen LogP contribution < -0.4 is 22.5 Å². The molecule has 12 heteroatoms. The molecule has 6 rings (SSSR count). The van der Waals surface area contributed by atoms with E-state index in [4.69, 9.17) is 0 Å². The lowest BCUT2D eigenvalue weighted by Crippen LogP contribution is -2.40. The summed E-state index contributed by atoms with van der Waals surface area (Å²) in [6, 6.07) is 14.4. The normalized spacial score (nSPS) is 15.3. The molecular weight excluding hydrogens is 721 g/mol. The van der Waals surface area contributed by atoms with Crippen molar-refractivity contribution in [2.75, 3.05) is 0 Å². The Labute approximate surface area is 331 Å². The van der Waals surface area contributed by atoms with E-state index in [-0.39, 0.29) is 24.2 Å². The Bertz CT molecular complexity index is 2680. The Morgan fingerprint density at radius 3 is 1.53 bits per heavy atom. The summed E-state index contributed by atoms with van der Waals surface area (Å²) >= 11 is 0. The summed E-state index contributed by atoms with van der Waals surface area (Å²) in [7, 11) is 0. The van der Waals surface area contributed by atoms with Crippen LogP contribution in [0, 0.1) is 6.92 Å². The zero-order chi connectivity index (χ0) is 41.0. The highest BCUT2D eigenvalue weighted by Gasteiger charge is 2.22. The number of hydrogen-bond donors (Lipinski definition) is 2. The van der Waals surface area contributed by atoms with Gasteiger partial charge in [-0.05, 0) is 131 Å². The second kappa shape index (κ2) is 17.2. The van der Waals surface area contributed by atoms with Crippen LogP contribution in [0.25, 0.3) is 23.5 Å². The molecule has 2 aromatic carbocycles. The van der Waals surface area contributed by atoms with Gasteiger partial charge in [-0.3, -0.25) is 28.7 Å². The van der Waals surface area contributed by atoms with E-state index < -0.39 is 34.3 Å². The van der Waals surface area contributed by atoms with E-state index in [2.05, 4.69) is 16.9 Å². The van der Waals surface area contributed by atoms with Crippen molar-refractivity contribution >= 4 is 23.6 Å². The first kappa shape index (κ1) is 40.4. The van der Waals surface area contributed by atoms with Crippen molar-refractivity contribution in [1.29, 1.82) is 0 Å². The molecule has 57 heavy (non-hydrogen) atoms. The van der Waals surface area contributed by atoms with Gasteiger partial charge in [-0.15, -0.1) is 0 Å². The van der Waals surface area contributed by atoms with Gasteiger partial charge < -0.3 is 10.2 Å². The second-order valence-corrected chi connectivity index (χ2v) is 14.9. The Hall–Kier alpha value is -6.30. The number of aliphatic imine (C=N–C) groups is 2. The Morgan fingerprint density at radius 2 is 1.09 bits per heavy atom. The van der Waals surface area contributed by atoms with Crippen LogP contribution in [0.1, 0.15) is 95.4 Å². The smallest absolute Gasteiger partial charge is 0.338 e. The van der Waals surface area contributed by atoms with Crippen molar-refractivity contribution in [2.45, 2.75) is 99.6 Å². The van der Waals surface area contributed by atoms with E-state index in [1.807, 2.05) is 71.0 Å². The summed E-state index contributed by atoms with van der Waals surface area (Å²) < 4.78 is 4.64. The minimum absolute atomic E-state index is 0.0248. The monoisotopic (exact) mass is 770 g/mol. The zero-order valence-electron chi connectivity index (χ0n) is 33.5. The number of unbranched alkanes of at least 4 members (excludes halogenated alkanes) is 4. The van der Waals surface area contributed by atoms with Crippen molar-refractivity contribution in [3.63, 3.8) is 0 Å². The van der Waals surface area contributed by atoms with E-state index in [0.717, 1.165) is 62.1 Å². The van der Waals surface area contributed by atoms with Gasteiger partial charge >= 0.3 is 11.4 Å². The summed E-state index contributed by atoms with van der Waals surface area (Å²) in [5.74, 6) is -0.855. The number of hydrogen-bond acceptors (Lipinski definition) is 8. The summed E-state index contributed by atoms with van der Waals surface area (Å²) in [4.78, 5) is 64.6. The van der Waals surface area contributed by atoms with E-state index in [1.54, 1.807) is 24.3 Å². The highest BCUT2D eigenvalue weighted by atomic mass is 16.3. The van der Waals surface area contributed by atoms with Crippen molar-refractivity contribution in [2.24, 2.45) is 9.98 Å². The minimum atomic E-state index is -0.658. The van der Waals surface area contributed by atoms with E-state index in [0.29, 0.717) is 48.5 Å². The molecule has 0 unspecified atom stereocenters. The molecule has 0 bridgehead atoms.